The van der Waals surface area contributed by atoms with Crippen LogP contribution in [-0.2, 0) is 4.79 Å². The number of carboxylic acids is 1. The lowest BCUT2D eigenvalue weighted by Gasteiger charge is -2.16. The van der Waals surface area contributed by atoms with E-state index in [-0.39, 0.29) is 5.69 Å². The first kappa shape index (κ1) is 14.7. The second kappa shape index (κ2) is 5.12. The summed E-state index contributed by atoms with van der Waals surface area (Å²) in [6.07, 6.45) is -4.20. The van der Waals surface area contributed by atoms with Gasteiger partial charge in [-0.05, 0) is 18.2 Å². The van der Waals surface area contributed by atoms with Crippen molar-refractivity contribution in [1.29, 1.82) is 0 Å². The molecule has 0 aromatic heterocycles. The number of carbonyl (C=O) groups is 2. The van der Waals surface area contributed by atoms with Crippen molar-refractivity contribution < 1.29 is 32.3 Å². The number of nitrogen functional groups attached to an aromatic ring is 1. The van der Waals surface area contributed by atoms with Gasteiger partial charge >= 0.3 is 24.2 Å². The molecule has 19 heavy (non-hydrogen) atoms. The van der Waals surface area contributed by atoms with Crippen molar-refractivity contribution >= 4 is 23.3 Å². The molecule has 9 heteroatoms. The minimum atomic E-state index is -4.92. The average molecular weight is 280 g/mol. The quantitative estimate of drug-likeness (QED) is 0.579. The summed E-state index contributed by atoms with van der Waals surface area (Å²) in [5.74, 6) is -8.77. The Morgan fingerprint density at radius 2 is 1.89 bits per heavy atom. The highest BCUT2D eigenvalue weighted by atomic mass is 19.3. The van der Waals surface area contributed by atoms with Gasteiger partial charge in [-0.25, -0.2) is 13.6 Å². The maximum Gasteiger partial charge on any atom is 0.383 e. The van der Waals surface area contributed by atoms with Crippen molar-refractivity contribution in [2.75, 3.05) is 11.1 Å². The minimum absolute atomic E-state index is 0.0102. The summed E-state index contributed by atoms with van der Waals surface area (Å²) in [4.78, 5) is 21.8. The van der Waals surface area contributed by atoms with Gasteiger partial charge in [-0.1, -0.05) is 0 Å². The van der Waals surface area contributed by atoms with Gasteiger partial charge < -0.3 is 16.2 Å². The lowest BCUT2D eigenvalue weighted by atomic mass is 10.1. The number of carbonyl (C=O) groups excluding carboxylic acids is 1. The number of rotatable bonds is 4. The smallest absolute Gasteiger partial charge is 0.383 e. The zero-order valence-electron chi connectivity index (χ0n) is 9.16. The van der Waals surface area contributed by atoms with Crippen LogP contribution in [0.2, 0.25) is 0 Å². The predicted molar refractivity (Wildman–Crippen MR) is 57.4 cm³/mol. The van der Waals surface area contributed by atoms with Crippen molar-refractivity contribution in [3.8, 4) is 0 Å². The molecule has 0 atom stereocenters. The van der Waals surface area contributed by atoms with Crippen LogP contribution in [-0.4, -0.2) is 29.3 Å². The summed E-state index contributed by atoms with van der Waals surface area (Å²) in [7, 11) is 0. The molecule has 1 amide bonds. The monoisotopic (exact) mass is 280 g/mol. The fraction of sp³-hybridized carbons (Fsp3) is 0.200. The number of amides is 1. The van der Waals surface area contributed by atoms with Crippen LogP contribution in [0.25, 0.3) is 0 Å². The van der Waals surface area contributed by atoms with Crippen molar-refractivity contribution in [3.63, 3.8) is 0 Å². The van der Waals surface area contributed by atoms with Crippen LogP contribution >= 0.6 is 0 Å². The third kappa shape index (κ3) is 3.12. The molecule has 0 spiro atoms. The summed E-state index contributed by atoms with van der Waals surface area (Å²) in [6, 6.07) is 2.96. The van der Waals surface area contributed by atoms with Gasteiger partial charge in [0, 0.05) is 5.69 Å². The lowest BCUT2D eigenvalue weighted by Crippen LogP contribution is -2.41. The number of carboxylic acid groups (broad SMARTS) is 1. The molecule has 1 rings (SSSR count). The zero-order chi connectivity index (χ0) is 14.8. The predicted octanol–water partition coefficient (Wildman–Crippen LogP) is 1.81. The molecule has 4 N–H and O–H groups in total. The van der Waals surface area contributed by atoms with Gasteiger partial charge in [0.15, 0.2) is 0 Å². The molecular formula is C10H8F4N2O3. The molecule has 1 aromatic rings. The number of halogens is 4. The third-order valence-corrected chi connectivity index (χ3v) is 2.10. The van der Waals surface area contributed by atoms with Gasteiger partial charge in [-0.2, -0.15) is 8.78 Å². The van der Waals surface area contributed by atoms with E-state index >= 15 is 0 Å². The van der Waals surface area contributed by atoms with Gasteiger partial charge in [0.05, 0.1) is 11.3 Å². The molecule has 5 nitrogen and oxygen atoms in total. The fourth-order valence-electron chi connectivity index (χ4n) is 1.15. The molecule has 0 aliphatic heterocycles. The average Bonchev–Trinajstić information content (AvgIpc) is 2.30. The van der Waals surface area contributed by atoms with Crippen LogP contribution in [0.4, 0.5) is 28.9 Å². The molecule has 0 radical (unpaired) electrons. The molecule has 1 aromatic carbocycles. The van der Waals surface area contributed by atoms with Crippen molar-refractivity contribution in [2.45, 2.75) is 12.3 Å². The Morgan fingerprint density at radius 3 is 2.37 bits per heavy atom. The summed E-state index contributed by atoms with van der Waals surface area (Å²) in [5, 5.41) is 10.2. The number of nitrogens with two attached hydrogens (primary N) is 1. The Morgan fingerprint density at radius 1 is 1.32 bits per heavy atom. The van der Waals surface area contributed by atoms with Crippen LogP contribution in [0.1, 0.15) is 10.4 Å². The lowest BCUT2D eigenvalue weighted by molar-refractivity contribution is -0.163. The number of hydrogen-bond acceptors (Lipinski definition) is 3. The van der Waals surface area contributed by atoms with Gasteiger partial charge in [-0.3, -0.25) is 4.79 Å². The minimum Gasteiger partial charge on any atom is -0.478 e. The topological polar surface area (TPSA) is 92.4 Å². The number of hydrogen-bond donors (Lipinski definition) is 3. The van der Waals surface area contributed by atoms with Gasteiger partial charge in [0.1, 0.15) is 0 Å². The van der Waals surface area contributed by atoms with E-state index in [0.29, 0.717) is 0 Å². The van der Waals surface area contributed by atoms with Crippen molar-refractivity contribution in [3.05, 3.63) is 23.8 Å². The van der Waals surface area contributed by atoms with E-state index in [0.717, 1.165) is 18.2 Å². The van der Waals surface area contributed by atoms with Crippen molar-refractivity contribution in [1.82, 2.24) is 0 Å². The van der Waals surface area contributed by atoms with Gasteiger partial charge in [0.2, 0.25) is 0 Å². The molecule has 0 saturated carbocycles. The van der Waals surface area contributed by atoms with Crippen LogP contribution < -0.4 is 11.1 Å². The number of alkyl halides is 4. The zero-order valence-corrected chi connectivity index (χ0v) is 9.16. The number of benzene rings is 1. The highest BCUT2D eigenvalue weighted by molar-refractivity contribution is 6.03. The van der Waals surface area contributed by atoms with E-state index < -0.39 is 35.5 Å². The number of aromatic carboxylic acids is 1. The number of nitrogens with one attached hydrogen (secondary N) is 1. The first-order chi connectivity index (χ1) is 8.66. The Bertz CT molecular complexity index is 519. The SMILES string of the molecule is Nc1ccc(NC(=O)C(F)(F)C(F)F)c(C(=O)O)c1. The number of anilines is 2. The maximum absolute atomic E-state index is 12.7. The van der Waals surface area contributed by atoms with Crippen LogP contribution in [0, 0.1) is 0 Å². The van der Waals surface area contributed by atoms with Gasteiger partial charge in [0.25, 0.3) is 0 Å². The van der Waals surface area contributed by atoms with E-state index in [9.17, 15) is 27.2 Å². The molecule has 0 fully saturated rings. The standard InChI is InChI=1S/C10H8F4N2O3/c11-8(12)10(13,14)9(19)16-6-2-1-4(15)3-5(6)7(17)18/h1-3,8H,15H2,(H,16,19)(H,17,18). The summed E-state index contributed by atoms with van der Waals surface area (Å²) in [6.45, 7) is 0. The maximum atomic E-state index is 12.7. The summed E-state index contributed by atoms with van der Waals surface area (Å²) in [5.41, 5.74) is 4.16. The van der Waals surface area contributed by atoms with E-state index in [1.165, 1.54) is 5.32 Å². The molecule has 104 valence electrons. The Hall–Kier alpha value is -2.32. The molecule has 0 saturated heterocycles. The molecule has 0 aliphatic rings. The summed E-state index contributed by atoms with van der Waals surface area (Å²) >= 11 is 0. The molecule has 0 bridgehead atoms. The van der Waals surface area contributed by atoms with Crippen molar-refractivity contribution in [2.24, 2.45) is 0 Å². The molecule has 0 heterocycles. The van der Waals surface area contributed by atoms with Crippen LogP contribution in [0.15, 0.2) is 18.2 Å². The fourth-order valence-corrected chi connectivity index (χ4v) is 1.15. The normalized spacial score (nSPS) is 11.4. The Balaban J connectivity index is 3.07. The third-order valence-electron chi connectivity index (χ3n) is 2.10. The second-order valence-electron chi connectivity index (χ2n) is 3.49. The Kier molecular flexibility index (Phi) is 3.98. The largest absolute Gasteiger partial charge is 0.478 e. The highest BCUT2D eigenvalue weighted by Gasteiger charge is 2.49. The van der Waals surface area contributed by atoms with Crippen LogP contribution in [0.5, 0.6) is 0 Å². The first-order valence-electron chi connectivity index (χ1n) is 4.76. The second-order valence-corrected chi connectivity index (χ2v) is 3.49. The Labute approximate surface area is 104 Å². The first-order valence-corrected chi connectivity index (χ1v) is 4.76. The van der Waals surface area contributed by atoms with E-state index in [2.05, 4.69) is 0 Å². The molecule has 0 aliphatic carbocycles. The summed E-state index contributed by atoms with van der Waals surface area (Å²) < 4.78 is 49.3. The molecular weight excluding hydrogens is 272 g/mol. The van der Waals surface area contributed by atoms with Crippen LogP contribution in [0.3, 0.4) is 0 Å². The highest BCUT2D eigenvalue weighted by Crippen LogP contribution is 2.26. The molecule has 0 unspecified atom stereocenters. The van der Waals surface area contributed by atoms with E-state index in [4.69, 9.17) is 10.8 Å². The van der Waals surface area contributed by atoms with Gasteiger partial charge in [-0.15, -0.1) is 0 Å². The van der Waals surface area contributed by atoms with E-state index in [1.54, 1.807) is 0 Å². The van der Waals surface area contributed by atoms with E-state index in [1.807, 2.05) is 0 Å².